The standard InChI is InChI=1S/C25H28ClN5O4S2.4H2/c1-17(30-11-2-3-18-15-19(26)4-9-22(18)30)24(33)31-13-12-29(16-23(31)32)20-5-7-21(8-6-20)37(34,35)28-25-27-10-14-36-25;;;;/h4-10,14-15,17,23,32H,2-3,11-13,16H2,1H3,(H,27,28);4*1H/t17-,23+;;;;/m1..../s1. The number of halogens is 1. The Bertz CT molecular complexity index is 1390. The van der Waals surface area contributed by atoms with Gasteiger partial charge in [0.25, 0.3) is 10.0 Å². The minimum atomic E-state index is -3.74. The highest BCUT2D eigenvalue weighted by molar-refractivity contribution is 7.93. The van der Waals surface area contributed by atoms with E-state index in [1.54, 1.807) is 17.5 Å². The molecule has 2 aromatic carbocycles. The van der Waals surface area contributed by atoms with E-state index in [1.165, 1.54) is 34.6 Å². The van der Waals surface area contributed by atoms with Crippen molar-refractivity contribution in [3.8, 4) is 0 Å². The second-order valence-electron chi connectivity index (χ2n) is 9.14. The van der Waals surface area contributed by atoms with E-state index in [-0.39, 0.29) is 23.1 Å². The van der Waals surface area contributed by atoms with Crippen molar-refractivity contribution in [3.05, 3.63) is 64.6 Å². The molecule has 3 heterocycles. The van der Waals surface area contributed by atoms with Gasteiger partial charge in [-0.1, -0.05) is 11.6 Å². The molecule has 1 amide bonds. The zero-order valence-corrected chi connectivity index (χ0v) is 22.6. The van der Waals surface area contributed by atoms with Crippen molar-refractivity contribution in [1.29, 1.82) is 0 Å². The Kier molecular flexibility index (Phi) is 7.30. The van der Waals surface area contributed by atoms with Crippen LogP contribution in [0.4, 0.5) is 16.5 Å². The predicted molar refractivity (Wildman–Crippen MR) is 154 cm³/mol. The van der Waals surface area contributed by atoms with Crippen molar-refractivity contribution < 1.29 is 24.0 Å². The van der Waals surface area contributed by atoms with Gasteiger partial charge in [-0.2, -0.15) is 0 Å². The van der Waals surface area contributed by atoms with Crippen molar-refractivity contribution in [2.75, 3.05) is 40.7 Å². The molecule has 0 bridgehead atoms. The van der Waals surface area contributed by atoms with Crippen LogP contribution in [0, 0.1) is 0 Å². The summed E-state index contributed by atoms with van der Waals surface area (Å²) in [6, 6.07) is 11.8. The Morgan fingerprint density at radius 2 is 2.00 bits per heavy atom. The van der Waals surface area contributed by atoms with E-state index in [0.717, 1.165) is 36.3 Å². The highest BCUT2D eigenvalue weighted by Gasteiger charge is 2.35. The SMILES string of the molecule is C[C@H](C(=O)N1CCN(c2ccc(S(=O)(=O)Nc3nccs3)cc2)C[C@@H]1O)N1CCCc2cc(Cl)ccc21.[HH].[HH].[HH].[HH]. The maximum Gasteiger partial charge on any atom is 0.263 e. The largest absolute Gasteiger partial charge is 0.372 e. The lowest BCUT2D eigenvalue weighted by atomic mass is 10.00. The topological polar surface area (TPSA) is 106 Å². The number of aryl methyl sites for hydroxylation is 1. The van der Waals surface area contributed by atoms with Gasteiger partial charge in [0.2, 0.25) is 5.91 Å². The fraction of sp³-hybridized carbons (Fsp3) is 0.360. The van der Waals surface area contributed by atoms with Gasteiger partial charge in [0, 0.05) is 53.3 Å². The molecule has 37 heavy (non-hydrogen) atoms. The van der Waals surface area contributed by atoms with Gasteiger partial charge >= 0.3 is 0 Å². The number of piperazine rings is 1. The van der Waals surface area contributed by atoms with Gasteiger partial charge in [0.05, 0.1) is 11.4 Å². The number of fused-ring (bicyclic) bond motifs is 1. The van der Waals surface area contributed by atoms with Crippen LogP contribution in [0.15, 0.2) is 58.9 Å². The molecule has 0 aliphatic carbocycles. The average Bonchev–Trinajstić information content (AvgIpc) is 3.39. The number of thiazole rings is 1. The van der Waals surface area contributed by atoms with Crippen molar-refractivity contribution in [1.82, 2.24) is 9.88 Å². The van der Waals surface area contributed by atoms with Crippen molar-refractivity contribution in [2.24, 2.45) is 0 Å². The Labute approximate surface area is 231 Å². The van der Waals surface area contributed by atoms with Gasteiger partial charge in [0.1, 0.15) is 12.3 Å². The molecule has 2 aliphatic rings. The molecule has 2 N–H and O–H groups in total. The fourth-order valence-electron chi connectivity index (χ4n) is 4.91. The summed E-state index contributed by atoms with van der Waals surface area (Å²) >= 11 is 7.37. The number of nitrogens with zero attached hydrogens (tertiary/aromatic N) is 4. The molecule has 5 rings (SSSR count). The molecular weight excluding hydrogens is 534 g/mol. The summed E-state index contributed by atoms with van der Waals surface area (Å²) < 4.78 is 27.6. The van der Waals surface area contributed by atoms with Crippen LogP contribution in [0.3, 0.4) is 0 Å². The number of hydrogen-bond donors (Lipinski definition) is 2. The fourth-order valence-corrected chi connectivity index (χ4v) is 6.89. The van der Waals surface area contributed by atoms with Gasteiger partial charge in [-0.15, -0.1) is 11.3 Å². The number of benzene rings is 2. The van der Waals surface area contributed by atoms with Crippen LogP contribution in [0.25, 0.3) is 0 Å². The van der Waals surface area contributed by atoms with Crippen LogP contribution >= 0.6 is 22.9 Å². The first-order valence-corrected chi connectivity index (χ1v) is 14.8. The number of β-amino-alcohol motifs (C(OH)–C–C–N with tert-alkyl or cyclic N) is 1. The molecule has 0 spiro atoms. The summed E-state index contributed by atoms with van der Waals surface area (Å²) in [5.74, 6) is -0.121. The van der Waals surface area contributed by atoms with Gasteiger partial charge in [0.15, 0.2) is 5.13 Å². The first kappa shape index (κ1) is 25.8. The number of anilines is 3. The first-order valence-electron chi connectivity index (χ1n) is 12.0. The number of rotatable bonds is 6. The van der Waals surface area contributed by atoms with E-state index in [0.29, 0.717) is 23.2 Å². The lowest BCUT2D eigenvalue weighted by Crippen LogP contribution is -2.59. The number of aliphatic hydroxyl groups excluding tert-OH is 1. The monoisotopic (exact) mass is 569 g/mol. The summed E-state index contributed by atoms with van der Waals surface area (Å²) in [4.78, 5) is 23.1. The number of nitrogens with one attached hydrogen (secondary N) is 1. The van der Waals surface area contributed by atoms with Crippen molar-refractivity contribution >= 4 is 55.4 Å². The second kappa shape index (κ2) is 10.5. The molecule has 12 heteroatoms. The van der Waals surface area contributed by atoms with E-state index in [9.17, 15) is 18.3 Å². The van der Waals surface area contributed by atoms with Crippen LogP contribution < -0.4 is 14.5 Å². The van der Waals surface area contributed by atoms with E-state index in [2.05, 4.69) is 14.6 Å². The minimum Gasteiger partial charge on any atom is -0.372 e. The molecule has 0 unspecified atom stereocenters. The maximum absolute atomic E-state index is 13.4. The number of aliphatic hydroxyl groups is 1. The van der Waals surface area contributed by atoms with Crippen LogP contribution in [-0.2, 0) is 21.2 Å². The molecular formula is C25H36ClN5O4S2. The van der Waals surface area contributed by atoms with Crippen LogP contribution in [0.2, 0.25) is 5.02 Å². The second-order valence-corrected chi connectivity index (χ2v) is 12.2. The molecule has 3 aromatic rings. The Balaban J connectivity index is 0.00000210. The zero-order valence-electron chi connectivity index (χ0n) is 20.2. The highest BCUT2D eigenvalue weighted by atomic mass is 35.5. The smallest absolute Gasteiger partial charge is 0.263 e. The number of carbonyl (C=O) groups excluding carboxylic acids is 1. The molecule has 1 aromatic heterocycles. The normalized spacial score (nSPS) is 18.9. The zero-order chi connectivity index (χ0) is 26.2. The number of carbonyl (C=O) groups is 1. The molecule has 0 saturated carbocycles. The van der Waals surface area contributed by atoms with Gasteiger partial charge in [-0.05, 0) is 67.8 Å². The summed E-state index contributed by atoms with van der Waals surface area (Å²) in [6.45, 7) is 3.75. The van der Waals surface area contributed by atoms with Gasteiger partial charge in [-0.3, -0.25) is 9.52 Å². The number of amides is 1. The Morgan fingerprint density at radius 3 is 2.70 bits per heavy atom. The summed E-state index contributed by atoms with van der Waals surface area (Å²) in [6.07, 6.45) is 2.42. The van der Waals surface area contributed by atoms with Crippen LogP contribution in [-0.4, -0.2) is 67.8 Å². The van der Waals surface area contributed by atoms with E-state index in [1.807, 2.05) is 30.0 Å². The lowest BCUT2D eigenvalue weighted by Gasteiger charge is -2.43. The van der Waals surface area contributed by atoms with Gasteiger partial charge < -0.3 is 19.8 Å². The third kappa shape index (κ3) is 5.40. The molecule has 9 nitrogen and oxygen atoms in total. The first-order chi connectivity index (χ1) is 17.7. The third-order valence-electron chi connectivity index (χ3n) is 6.82. The lowest BCUT2D eigenvalue weighted by molar-refractivity contribution is -0.143. The third-order valence-corrected chi connectivity index (χ3v) is 9.23. The van der Waals surface area contributed by atoms with Crippen LogP contribution in [0.1, 0.15) is 24.6 Å². The molecule has 204 valence electrons. The van der Waals surface area contributed by atoms with Gasteiger partial charge in [-0.25, -0.2) is 13.4 Å². The molecule has 1 saturated heterocycles. The predicted octanol–water partition coefficient (Wildman–Crippen LogP) is 4.39. The Hall–Kier alpha value is -2.86. The summed E-state index contributed by atoms with van der Waals surface area (Å²) in [5.41, 5.74) is 2.93. The maximum atomic E-state index is 13.4. The van der Waals surface area contributed by atoms with Crippen molar-refractivity contribution in [2.45, 2.75) is 36.9 Å². The molecule has 0 radical (unpaired) electrons. The summed E-state index contributed by atoms with van der Waals surface area (Å²) in [7, 11) is -3.74. The van der Waals surface area contributed by atoms with Crippen LogP contribution in [0.5, 0.6) is 0 Å². The average molecular weight is 570 g/mol. The Morgan fingerprint density at radius 1 is 1.22 bits per heavy atom. The minimum absolute atomic E-state index is 0. The summed E-state index contributed by atoms with van der Waals surface area (Å²) in [5, 5.41) is 13.6. The quantitative estimate of drug-likeness (QED) is 0.453. The molecule has 1 fully saturated rings. The highest BCUT2D eigenvalue weighted by Crippen LogP contribution is 2.32. The van der Waals surface area contributed by atoms with E-state index < -0.39 is 22.3 Å². The molecule has 2 atom stereocenters. The number of aromatic nitrogens is 1. The van der Waals surface area contributed by atoms with E-state index >= 15 is 0 Å². The molecule has 2 aliphatic heterocycles. The van der Waals surface area contributed by atoms with Crippen molar-refractivity contribution in [3.63, 3.8) is 0 Å². The van der Waals surface area contributed by atoms with E-state index in [4.69, 9.17) is 11.6 Å². The number of sulfonamides is 1. The number of hydrogen-bond acceptors (Lipinski definition) is 8.